The van der Waals surface area contributed by atoms with Gasteiger partial charge in [0.25, 0.3) is 5.69 Å². The third kappa shape index (κ3) is 4.62. The Balaban J connectivity index is 1.90. The second kappa shape index (κ2) is 9.40. The third-order valence-electron chi connectivity index (χ3n) is 5.28. The van der Waals surface area contributed by atoms with Gasteiger partial charge in [0.15, 0.2) is 11.5 Å². The lowest BCUT2D eigenvalue weighted by molar-refractivity contribution is -0.384. The summed E-state index contributed by atoms with van der Waals surface area (Å²) in [6.45, 7) is 0. The lowest BCUT2D eigenvalue weighted by Gasteiger charge is -2.13. The Morgan fingerprint density at radius 1 is 0.667 bits per heavy atom. The van der Waals surface area contributed by atoms with Crippen molar-refractivity contribution in [2.45, 2.75) is 0 Å². The number of benzene rings is 3. The number of nitrogens with zero attached hydrogens (tertiary/aromatic N) is 2. The summed E-state index contributed by atoms with van der Waals surface area (Å²) in [6, 6.07) is 23.6. The van der Waals surface area contributed by atoms with E-state index in [0.717, 1.165) is 28.1 Å². The molecule has 3 aromatic carbocycles. The molecule has 4 rings (SSSR count). The highest BCUT2D eigenvalue weighted by Gasteiger charge is 2.14. The number of nitro benzene ring substituents is 1. The number of methoxy groups -OCH3 is 3. The first-order valence-corrected chi connectivity index (χ1v) is 10.2. The summed E-state index contributed by atoms with van der Waals surface area (Å²) >= 11 is 0. The number of aromatic nitrogens is 1. The van der Waals surface area contributed by atoms with Crippen LogP contribution in [0.25, 0.3) is 33.6 Å². The maximum Gasteiger partial charge on any atom is 0.270 e. The van der Waals surface area contributed by atoms with Gasteiger partial charge in [0.2, 0.25) is 0 Å². The first-order valence-electron chi connectivity index (χ1n) is 10.2. The van der Waals surface area contributed by atoms with Gasteiger partial charge in [-0.1, -0.05) is 18.2 Å². The molecular formula is C26H22N2O5. The van der Waals surface area contributed by atoms with Crippen LogP contribution >= 0.6 is 0 Å². The van der Waals surface area contributed by atoms with Crippen LogP contribution in [0.15, 0.2) is 78.9 Å². The van der Waals surface area contributed by atoms with Crippen molar-refractivity contribution in [3.05, 3.63) is 89.0 Å². The van der Waals surface area contributed by atoms with Gasteiger partial charge in [0.1, 0.15) is 5.75 Å². The Labute approximate surface area is 191 Å². The van der Waals surface area contributed by atoms with Gasteiger partial charge in [0.05, 0.1) is 37.6 Å². The van der Waals surface area contributed by atoms with E-state index >= 15 is 0 Å². The fourth-order valence-corrected chi connectivity index (χ4v) is 3.55. The van der Waals surface area contributed by atoms with Gasteiger partial charge in [0, 0.05) is 23.3 Å². The third-order valence-corrected chi connectivity index (χ3v) is 5.28. The number of hydrogen-bond donors (Lipinski definition) is 0. The van der Waals surface area contributed by atoms with Crippen molar-refractivity contribution in [1.82, 2.24) is 4.98 Å². The van der Waals surface area contributed by atoms with Crippen LogP contribution in [0.3, 0.4) is 0 Å². The molecule has 0 radical (unpaired) electrons. The quantitative estimate of drug-likeness (QED) is 0.257. The Kier molecular flexibility index (Phi) is 6.22. The van der Waals surface area contributed by atoms with Gasteiger partial charge in [-0.15, -0.1) is 0 Å². The maximum atomic E-state index is 11.3. The minimum Gasteiger partial charge on any atom is -0.497 e. The van der Waals surface area contributed by atoms with E-state index in [2.05, 4.69) is 0 Å². The van der Waals surface area contributed by atoms with Crippen LogP contribution in [-0.4, -0.2) is 31.2 Å². The van der Waals surface area contributed by atoms with E-state index in [-0.39, 0.29) is 5.69 Å². The van der Waals surface area contributed by atoms with Crippen LogP contribution in [0.2, 0.25) is 0 Å². The molecule has 4 aromatic rings. The van der Waals surface area contributed by atoms with E-state index in [9.17, 15) is 10.1 Å². The van der Waals surface area contributed by atoms with E-state index in [1.165, 1.54) is 12.1 Å². The van der Waals surface area contributed by atoms with Gasteiger partial charge in [-0.3, -0.25) is 10.1 Å². The molecule has 0 amide bonds. The van der Waals surface area contributed by atoms with Crippen LogP contribution in [0.5, 0.6) is 17.2 Å². The molecule has 0 atom stereocenters. The average molecular weight is 442 g/mol. The molecule has 1 aromatic heterocycles. The van der Waals surface area contributed by atoms with Crippen LogP contribution < -0.4 is 14.2 Å². The summed E-state index contributed by atoms with van der Waals surface area (Å²) in [5.74, 6) is 1.98. The molecular weight excluding hydrogens is 420 g/mol. The minimum atomic E-state index is -0.411. The number of rotatable bonds is 7. The predicted molar refractivity (Wildman–Crippen MR) is 127 cm³/mol. The summed E-state index contributed by atoms with van der Waals surface area (Å²) in [5.41, 5.74) is 4.70. The maximum absolute atomic E-state index is 11.3. The summed E-state index contributed by atoms with van der Waals surface area (Å²) < 4.78 is 16.1. The molecule has 0 saturated heterocycles. The minimum absolute atomic E-state index is 0.0109. The summed E-state index contributed by atoms with van der Waals surface area (Å²) in [4.78, 5) is 15.7. The molecule has 7 heteroatoms. The molecule has 0 spiro atoms. The first kappa shape index (κ1) is 21.8. The average Bonchev–Trinajstić information content (AvgIpc) is 2.88. The number of ether oxygens (including phenoxy) is 3. The van der Waals surface area contributed by atoms with Crippen molar-refractivity contribution in [3.63, 3.8) is 0 Å². The number of non-ortho nitro benzene ring substituents is 1. The Morgan fingerprint density at radius 3 is 1.97 bits per heavy atom. The molecule has 0 bridgehead atoms. The molecule has 0 saturated carbocycles. The number of hydrogen-bond acceptors (Lipinski definition) is 6. The number of nitro groups is 1. The molecule has 33 heavy (non-hydrogen) atoms. The van der Waals surface area contributed by atoms with E-state index in [0.29, 0.717) is 22.8 Å². The topological polar surface area (TPSA) is 83.7 Å². The van der Waals surface area contributed by atoms with Crippen molar-refractivity contribution >= 4 is 5.69 Å². The first-order chi connectivity index (χ1) is 16.0. The molecule has 0 N–H and O–H groups in total. The number of pyridine rings is 1. The fourth-order valence-electron chi connectivity index (χ4n) is 3.55. The zero-order valence-electron chi connectivity index (χ0n) is 18.4. The van der Waals surface area contributed by atoms with Crippen LogP contribution in [-0.2, 0) is 0 Å². The van der Waals surface area contributed by atoms with Gasteiger partial charge in [-0.05, 0) is 59.7 Å². The second-order valence-electron chi connectivity index (χ2n) is 7.23. The molecule has 166 valence electrons. The van der Waals surface area contributed by atoms with Crippen molar-refractivity contribution in [2.24, 2.45) is 0 Å². The zero-order chi connectivity index (χ0) is 23.4. The summed E-state index contributed by atoms with van der Waals surface area (Å²) in [6.07, 6.45) is 0. The Bertz CT molecular complexity index is 1300. The van der Waals surface area contributed by atoms with Crippen LogP contribution in [0, 0.1) is 10.1 Å². The molecule has 0 aliphatic rings. The van der Waals surface area contributed by atoms with Crippen molar-refractivity contribution in [2.75, 3.05) is 21.3 Å². The van der Waals surface area contributed by atoms with E-state index in [1.807, 2.05) is 60.7 Å². The van der Waals surface area contributed by atoms with E-state index in [4.69, 9.17) is 19.2 Å². The molecule has 0 unspecified atom stereocenters. The van der Waals surface area contributed by atoms with E-state index < -0.39 is 4.92 Å². The van der Waals surface area contributed by atoms with Gasteiger partial charge in [-0.25, -0.2) is 4.98 Å². The highest BCUT2D eigenvalue weighted by atomic mass is 16.6. The van der Waals surface area contributed by atoms with Crippen LogP contribution in [0.4, 0.5) is 5.69 Å². The molecule has 7 nitrogen and oxygen atoms in total. The fraction of sp³-hybridized carbons (Fsp3) is 0.115. The SMILES string of the molecule is COc1ccc(-c2cc(-c3ccc(OC)c(OC)c3)cc(-c3cccc([N+](=O)[O-])c3)n2)cc1. The zero-order valence-corrected chi connectivity index (χ0v) is 18.4. The van der Waals surface area contributed by atoms with Gasteiger partial charge in [-0.2, -0.15) is 0 Å². The van der Waals surface area contributed by atoms with Gasteiger partial charge < -0.3 is 14.2 Å². The second-order valence-corrected chi connectivity index (χ2v) is 7.23. The normalized spacial score (nSPS) is 10.5. The van der Waals surface area contributed by atoms with Gasteiger partial charge >= 0.3 is 0 Å². The summed E-state index contributed by atoms with van der Waals surface area (Å²) in [5, 5.41) is 11.3. The standard InChI is InChI=1S/C26H22N2O5/c1-31-22-10-7-17(8-11-22)23-14-20(18-9-12-25(32-2)26(16-18)33-3)15-24(27-23)19-5-4-6-21(13-19)28(29)30/h4-16H,1-3H3. The Hall–Kier alpha value is -4.39. The molecule has 0 aliphatic heterocycles. The molecule has 0 fully saturated rings. The smallest absolute Gasteiger partial charge is 0.270 e. The van der Waals surface area contributed by atoms with E-state index in [1.54, 1.807) is 27.4 Å². The highest BCUT2D eigenvalue weighted by Crippen LogP contribution is 2.36. The molecule has 1 heterocycles. The van der Waals surface area contributed by atoms with Crippen molar-refractivity contribution < 1.29 is 19.1 Å². The predicted octanol–water partition coefficient (Wildman–Crippen LogP) is 6.02. The lowest BCUT2D eigenvalue weighted by Crippen LogP contribution is -1.94. The lowest BCUT2D eigenvalue weighted by atomic mass is 9.99. The van der Waals surface area contributed by atoms with Crippen LogP contribution in [0.1, 0.15) is 0 Å². The van der Waals surface area contributed by atoms with Crippen molar-refractivity contribution in [3.8, 4) is 50.9 Å². The highest BCUT2D eigenvalue weighted by molar-refractivity contribution is 5.78. The van der Waals surface area contributed by atoms with Crippen molar-refractivity contribution in [1.29, 1.82) is 0 Å². The Morgan fingerprint density at radius 2 is 1.33 bits per heavy atom. The summed E-state index contributed by atoms with van der Waals surface area (Å²) in [7, 11) is 4.79. The molecule has 0 aliphatic carbocycles. The largest absolute Gasteiger partial charge is 0.497 e. The monoisotopic (exact) mass is 442 g/mol.